The van der Waals surface area contributed by atoms with Gasteiger partial charge in [-0.15, -0.1) is 0 Å². The lowest BCUT2D eigenvalue weighted by molar-refractivity contribution is -0.125. The van der Waals surface area contributed by atoms with Crippen molar-refractivity contribution in [1.29, 1.82) is 0 Å². The summed E-state index contributed by atoms with van der Waals surface area (Å²) in [5.41, 5.74) is 1.37. The Kier molecular flexibility index (Phi) is 7.51. The van der Waals surface area contributed by atoms with Gasteiger partial charge in [0.05, 0.1) is 27.2 Å². The van der Waals surface area contributed by atoms with Gasteiger partial charge < -0.3 is 24.4 Å². The van der Waals surface area contributed by atoms with Crippen molar-refractivity contribution in [1.82, 2.24) is 10.2 Å². The highest BCUT2D eigenvalue weighted by Gasteiger charge is 2.41. The molecule has 2 atom stereocenters. The van der Waals surface area contributed by atoms with Crippen molar-refractivity contribution in [2.45, 2.75) is 25.8 Å². The van der Waals surface area contributed by atoms with E-state index < -0.39 is 5.92 Å². The van der Waals surface area contributed by atoms with Crippen LogP contribution in [0, 0.1) is 5.92 Å². The van der Waals surface area contributed by atoms with Crippen molar-refractivity contribution >= 4 is 23.4 Å². The SMILES string of the molecule is COc1cc([C@@H]2CN(C(=O)c3ccc(Cl)cc3)C[C@@H]2C(=O)NC(C)C)cc(OC)c1OC. The Labute approximate surface area is 193 Å². The van der Waals surface area contributed by atoms with Crippen LogP contribution < -0.4 is 19.5 Å². The monoisotopic (exact) mass is 460 g/mol. The molecular formula is C24H29ClN2O5. The second-order valence-electron chi connectivity index (χ2n) is 8.05. The van der Waals surface area contributed by atoms with Crippen LogP contribution in [0.2, 0.25) is 5.02 Å². The van der Waals surface area contributed by atoms with E-state index in [1.807, 2.05) is 26.0 Å². The lowest BCUT2D eigenvalue weighted by atomic mass is 9.87. The lowest BCUT2D eigenvalue weighted by Crippen LogP contribution is -2.39. The number of nitrogens with zero attached hydrogens (tertiary/aromatic N) is 1. The molecule has 0 aromatic heterocycles. The fourth-order valence-electron chi connectivity index (χ4n) is 4.06. The van der Waals surface area contributed by atoms with E-state index in [2.05, 4.69) is 5.32 Å². The van der Waals surface area contributed by atoms with Crippen LogP contribution in [0.25, 0.3) is 0 Å². The molecule has 1 heterocycles. The van der Waals surface area contributed by atoms with E-state index in [1.54, 1.807) is 50.5 Å². The van der Waals surface area contributed by atoms with Crippen LogP contribution >= 0.6 is 11.6 Å². The number of ether oxygens (including phenoxy) is 3. The first-order chi connectivity index (χ1) is 15.3. The van der Waals surface area contributed by atoms with Gasteiger partial charge in [0.2, 0.25) is 11.7 Å². The zero-order valence-corrected chi connectivity index (χ0v) is 19.7. The van der Waals surface area contributed by atoms with E-state index in [-0.39, 0.29) is 23.8 Å². The summed E-state index contributed by atoms with van der Waals surface area (Å²) in [4.78, 5) is 27.9. The molecule has 2 amide bonds. The van der Waals surface area contributed by atoms with Crippen molar-refractivity contribution in [3.63, 3.8) is 0 Å². The third-order valence-electron chi connectivity index (χ3n) is 5.58. The van der Waals surface area contributed by atoms with Gasteiger partial charge >= 0.3 is 0 Å². The van der Waals surface area contributed by atoms with Crippen molar-refractivity contribution < 1.29 is 23.8 Å². The average Bonchev–Trinajstić information content (AvgIpc) is 3.23. The van der Waals surface area contributed by atoms with E-state index in [0.29, 0.717) is 40.9 Å². The Morgan fingerprint density at radius 1 is 1.00 bits per heavy atom. The summed E-state index contributed by atoms with van der Waals surface area (Å²) in [6.45, 7) is 4.52. The van der Waals surface area contributed by atoms with Crippen molar-refractivity contribution in [2.75, 3.05) is 34.4 Å². The third kappa shape index (κ3) is 4.93. The maximum absolute atomic E-state index is 13.2. The number of carbonyl (C=O) groups is 2. The highest BCUT2D eigenvalue weighted by molar-refractivity contribution is 6.30. The second kappa shape index (κ2) is 10.1. The minimum absolute atomic E-state index is 0.0101. The number of likely N-dealkylation sites (tertiary alicyclic amines) is 1. The third-order valence-corrected chi connectivity index (χ3v) is 5.83. The number of methoxy groups -OCH3 is 3. The van der Waals surface area contributed by atoms with E-state index in [9.17, 15) is 9.59 Å². The van der Waals surface area contributed by atoms with E-state index >= 15 is 0 Å². The molecule has 1 saturated heterocycles. The van der Waals surface area contributed by atoms with Crippen LogP contribution in [0.1, 0.15) is 35.7 Å². The Morgan fingerprint density at radius 2 is 1.59 bits per heavy atom. The number of carbonyl (C=O) groups excluding carboxylic acids is 2. The van der Waals surface area contributed by atoms with Gasteiger partial charge in [0, 0.05) is 35.6 Å². The van der Waals surface area contributed by atoms with Gasteiger partial charge in [-0.1, -0.05) is 11.6 Å². The lowest BCUT2D eigenvalue weighted by Gasteiger charge is -2.21. The molecule has 0 unspecified atom stereocenters. The number of amides is 2. The highest BCUT2D eigenvalue weighted by atomic mass is 35.5. The molecule has 2 aromatic rings. The second-order valence-corrected chi connectivity index (χ2v) is 8.49. The summed E-state index contributed by atoms with van der Waals surface area (Å²) in [6, 6.07) is 10.4. The van der Waals surface area contributed by atoms with Crippen molar-refractivity contribution in [3.8, 4) is 17.2 Å². The summed E-state index contributed by atoms with van der Waals surface area (Å²) >= 11 is 5.96. The molecule has 2 aromatic carbocycles. The maximum atomic E-state index is 13.2. The molecule has 1 fully saturated rings. The molecule has 32 heavy (non-hydrogen) atoms. The van der Waals surface area contributed by atoms with Crippen LogP contribution in [-0.4, -0.2) is 57.2 Å². The molecule has 3 rings (SSSR count). The Bertz CT molecular complexity index is 952. The molecule has 0 saturated carbocycles. The van der Waals surface area contributed by atoms with Crippen LogP contribution in [0.3, 0.4) is 0 Å². The molecule has 0 radical (unpaired) electrons. The van der Waals surface area contributed by atoms with Gasteiger partial charge in [0.25, 0.3) is 5.91 Å². The molecular weight excluding hydrogens is 432 g/mol. The zero-order chi connectivity index (χ0) is 23.4. The van der Waals surface area contributed by atoms with Gasteiger partial charge in [-0.3, -0.25) is 9.59 Å². The van der Waals surface area contributed by atoms with Crippen LogP contribution in [0.4, 0.5) is 0 Å². The molecule has 1 aliphatic rings. The smallest absolute Gasteiger partial charge is 0.253 e. The molecule has 0 spiro atoms. The first kappa shape index (κ1) is 23.7. The van der Waals surface area contributed by atoms with Crippen molar-refractivity contribution in [3.05, 3.63) is 52.5 Å². The van der Waals surface area contributed by atoms with E-state index in [0.717, 1.165) is 5.56 Å². The maximum Gasteiger partial charge on any atom is 0.253 e. The number of hydrogen-bond donors (Lipinski definition) is 1. The van der Waals surface area contributed by atoms with Gasteiger partial charge in [-0.25, -0.2) is 0 Å². The summed E-state index contributed by atoms with van der Waals surface area (Å²) < 4.78 is 16.4. The number of rotatable bonds is 7. The number of benzene rings is 2. The van der Waals surface area contributed by atoms with Gasteiger partial charge in [-0.2, -0.15) is 0 Å². The molecule has 7 nitrogen and oxygen atoms in total. The van der Waals surface area contributed by atoms with Gasteiger partial charge in [-0.05, 0) is 55.8 Å². The molecule has 172 valence electrons. The zero-order valence-electron chi connectivity index (χ0n) is 19.0. The fourth-order valence-corrected chi connectivity index (χ4v) is 4.18. The van der Waals surface area contributed by atoms with E-state index in [4.69, 9.17) is 25.8 Å². The quantitative estimate of drug-likeness (QED) is 0.681. The number of hydrogen-bond acceptors (Lipinski definition) is 5. The normalized spacial score (nSPS) is 17.9. The summed E-state index contributed by atoms with van der Waals surface area (Å²) in [7, 11) is 4.64. The molecule has 1 aliphatic heterocycles. The molecule has 0 aliphatic carbocycles. The van der Waals surface area contributed by atoms with Crippen molar-refractivity contribution in [2.24, 2.45) is 5.92 Å². The minimum Gasteiger partial charge on any atom is -0.493 e. The number of nitrogens with one attached hydrogen (secondary N) is 1. The molecule has 1 N–H and O–H groups in total. The fraction of sp³-hybridized carbons (Fsp3) is 0.417. The highest BCUT2D eigenvalue weighted by Crippen LogP contribution is 2.43. The number of halogens is 1. The molecule has 0 bridgehead atoms. The first-order valence-electron chi connectivity index (χ1n) is 10.4. The van der Waals surface area contributed by atoms with E-state index in [1.165, 1.54) is 0 Å². The molecule has 8 heteroatoms. The summed E-state index contributed by atoms with van der Waals surface area (Å²) in [6.07, 6.45) is 0. The Hall–Kier alpha value is -2.93. The van der Waals surface area contributed by atoms with Crippen LogP contribution in [0.5, 0.6) is 17.2 Å². The van der Waals surface area contributed by atoms with Gasteiger partial charge in [0.15, 0.2) is 11.5 Å². The standard InChI is InChI=1S/C24H29ClN2O5/c1-14(2)26-23(28)19-13-27(24(29)15-6-8-17(25)9-7-15)12-18(19)16-10-20(30-3)22(32-5)21(11-16)31-4/h6-11,14,18-19H,12-13H2,1-5H3,(H,26,28)/t18-,19-/m0/s1. The Balaban J connectivity index is 1.98. The summed E-state index contributed by atoms with van der Waals surface area (Å²) in [5.74, 6) is 0.605. The van der Waals surface area contributed by atoms with Crippen LogP contribution in [0.15, 0.2) is 36.4 Å². The van der Waals surface area contributed by atoms with Gasteiger partial charge in [0.1, 0.15) is 0 Å². The topological polar surface area (TPSA) is 77.1 Å². The predicted octanol–water partition coefficient (Wildman–Crippen LogP) is 3.75. The predicted molar refractivity (Wildman–Crippen MR) is 123 cm³/mol. The largest absolute Gasteiger partial charge is 0.493 e. The Morgan fingerprint density at radius 3 is 2.09 bits per heavy atom. The average molecular weight is 461 g/mol. The summed E-state index contributed by atoms with van der Waals surface area (Å²) in [5, 5.41) is 3.55. The van der Waals surface area contributed by atoms with Crippen LogP contribution in [-0.2, 0) is 4.79 Å². The minimum atomic E-state index is -0.420. The first-order valence-corrected chi connectivity index (χ1v) is 10.8.